The van der Waals surface area contributed by atoms with E-state index in [1.807, 2.05) is 12.1 Å². The fourth-order valence-electron chi connectivity index (χ4n) is 3.62. The Bertz CT molecular complexity index is 1220. The molecule has 3 aromatic carbocycles. The van der Waals surface area contributed by atoms with E-state index >= 15 is 0 Å². The van der Waals surface area contributed by atoms with E-state index in [1.54, 1.807) is 42.5 Å². The quantitative estimate of drug-likeness (QED) is 0.527. The Morgan fingerprint density at radius 3 is 2.53 bits per heavy atom. The highest BCUT2D eigenvalue weighted by molar-refractivity contribution is 6.25. The summed E-state index contributed by atoms with van der Waals surface area (Å²) in [5.41, 5.74) is 2.96. The maximum atomic E-state index is 12.8. The molecule has 0 saturated carbocycles. The third-order valence-electron chi connectivity index (χ3n) is 4.96. The van der Waals surface area contributed by atoms with E-state index in [-0.39, 0.29) is 18.1 Å². The minimum atomic E-state index is -0.728. The topological polar surface area (TPSA) is 90.9 Å². The molecule has 0 saturated heterocycles. The molecule has 3 aromatic rings. The van der Waals surface area contributed by atoms with Gasteiger partial charge in [-0.05, 0) is 29.3 Å². The second kappa shape index (κ2) is 7.04. The number of carbonyl (C=O) groups is 3. The Balaban J connectivity index is 1.29. The molecule has 0 spiro atoms. The molecule has 0 unspecified atom stereocenters. The standard InChI is InChI=1S/C23H15NO6/c25-20(24-13-8-9-18-19(10-13)30-12-29-18)11-28-23(27)17-7-3-6-15-14-4-1-2-5-16(14)22(26)21(15)17/h1-10H,11-12H2,(H,24,25). The van der Waals surface area contributed by atoms with Crippen LogP contribution in [0.5, 0.6) is 11.5 Å². The van der Waals surface area contributed by atoms with Crippen LogP contribution in [0.2, 0.25) is 0 Å². The second-order valence-corrected chi connectivity index (χ2v) is 6.80. The van der Waals surface area contributed by atoms with E-state index in [9.17, 15) is 14.4 Å². The molecule has 30 heavy (non-hydrogen) atoms. The predicted molar refractivity (Wildman–Crippen MR) is 107 cm³/mol. The van der Waals surface area contributed by atoms with Crippen molar-refractivity contribution < 1.29 is 28.6 Å². The molecule has 0 aromatic heterocycles. The van der Waals surface area contributed by atoms with E-state index in [2.05, 4.69) is 5.32 Å². The lowest BCUT2D eigenvalue weighted by Gasteiger charge is -2.09. The molecule has 7 nitrogen and oxygen atoms in total. The molecule has 1 heterocycles. The third kappa shape index (κ3) is 2.97. The summed E-state index contributed by atoms with van der Waals surface area (Å²) in [5.74, 6) is -0.332. The monoisotopic (exact) mass is 401 g/mol. The van der Waals surface area contributed by atoms with E-state index in [0.717, 1.165) is 5.56 Å². The number of ether oxygens (including phenoxy) is 3. The first-order chi connectivity index (χ1) is 14.6. The van der Waals surface area contributed by atoms with Crippen molar-refractivity contribution in [1.29, 1.82) is 0 Å². The van der Waals surface area contributed by atoms with Gasteiger partial charge in [0.25, 0.3) is 5.91 Å². The number of amides is 1. The Morgan fingerprint density at radius 1 is 0.900 bits per heavy atom. The van der Waals surface area contributed by atoms with Crippen LogP contribution in [0.3, 0.4) is 0 Å². The summed E-state index contributed by atoms with van der Waals surface area (Å²) < 4.78 is 15.7. The second-order valence-electron chi connectivity index (χ2n) is 6.80. The van der Waals surface area contributed by atoms with Gasteiger partial charge in [0.2, 0.25) is 6.79 Å². The highest BCUT2D eigenvalue weighted by Gasteiger charge is 2.31. The number of hydrogen-bond donors (Lipinski definition) is 1. The highest BCUT2D eigenvalue weighted by atomic mass is 16.7. The Hall–Kier alpha value is -4.13. The van der Waals surface area contributed by atoms with Crippen LogP contribution in [0, 0.1) is 0 Å². The molecule has 1 N–H and O–H groups in total. The number of esters is 1. The van der Waals surface area contributed by atoms with Crippen molar-refractivity contribution in [3.05, 3.63) is 77.4 Å². The minimum absolute atomic E-state index is 0.133. The summed E-state index contributed by atoms with van der Waals surface area (Å²) in [4.78, 5) is 37.6. The van der Waals surface area contributed by atoms with Gasteiger partial charge >= 0.3 is 5.97 Å². The Kier molecular flexibility index (Phi) is 4.21. The van der Waals surface area contributed by atoms with Gasteiger partial charge in [-0.3, -0.25) is 9.59 Å². The van der Waals surface area contributed by atoms with Crippen molar-refractivity contribution in [2.45, 2.75) is 0 Å². The third-order valence-corrected chi connectivity index (χ3v) is 4.96. The Labute approximate surface area is 171 Å². The smallest absolute Gasteiger partial charge is 0.339 e. The summed E-state index contributed by atoms with van der Waals surface area (Å²) in [5, 5.41) is 2.64. The van der Waals surface area contributed by atoms with Gasteiger partial charge in [-0.2, -0.15) is 0 Å². The average molecular weight is 401 g/mol. The maximum Gasteiger partial charge on any atom is 0.339 e. The summed E-state index contributed by atoms with van der Waals surface area (Å²) in [6.45, 7) is -0.355. The number of ketones is 1. The van der Waals surface area contributed by atoms with Gasteiger partial charge in [-0.25, -0.2) is 4.79 Å². The summed E-state index contributed by atoms with van der Waals surface area (Å²) in [7, 11) is 0. The first-order valence-electron chi connectivity index (χ1n) is 9.25. The number of nitrogens with one attached hydrogen (secondary N) is 1. The number of fused-ring (bicyclic) bond motifs is 4. The van der Waals surface area contributed by atoms with Crippen molar-refractivity contribution in [1.82, 2.24) is 0 Å². The van der Waals surface area contributed by atoms with Gasteiger partial charge in [-0.1, -0.05) is 36.4 Å². The summed E-state index contributed by atoms with van der Waals surface area (Å²) in [6, 6.07) is 17.2. The van der Waals surface area contributed by atoms with Crippen molar-refractivity contribution >= 4 is 23.3 Å². The number of rotatable bonds is 4. The molecule has 0 atom stereocenters. The molecule has 148 valence electrons. The molecule has 2 aliphatic rings. The van der Waals surface area contributed by atoms with E-state index < -0.39 is 18.5 Å². The van der Waals surface area contributed by atoms with Crippen LogP contribution in [0.15, 0.2) is 60.7 Å². The van der Waals surface area contributed by atoms with Crippen LogP contribution in [0.4, 0.5) is 5.69 Å². The molecule has 7 heteroatoms. The van der Waals surface area contributed by atoms with Gasteiger partial charge in [0.05, 0.1) is 5.56 Å². The molecule has 0 fully saturated rings. The van der Waals surface area contributed by atoms with E-state index in [0.29, 0.717) is 33.9 Å². The highest BCUT2D eigenvalue weighted by Crippen LogP contribution is 2.38. The zero-order valence-electron chi connectivity index (χ0n) is 15.6. The molecular weight excluding hydrogens is 386 g/mol. The SMILES string of the molecule is O=C(COC(=O)c1cccc2c1C(=O)c1ccccc1-2)Nc1ccc2c(c1)OCO2. The molecule has 0 bridgehead atoms. The maximum absolute atomic E-state index is 12.8. The summed E-state index contributed by atoms with van der Waals surface area (Å²) in [6.07, 6.45) is 0. The van der Waals surface area contributed by atoms with Crippen LogP contribution < -0.4 is 14.8 Å². The Morgan fingerprint density at radius 2 is 1.67 bits per heavy atom. The van der Waals surface area contributed by atoms with Gasteiger partial charge in [0.15, 0.2) is 23.9 Å². The number of benzene rings is 3. The van der Waals surface area contributed by atoms with Gasteiger partial charge in [-0.15, -0.1) is 0 Å². The van der Waals surface area contributed by atoms with Gasteiger partial charge < -0.3 is 19.5 Å². The van der Waals surface area contributed by atoms with Crippen molar-refractivity contribution in [2.75, 3.05) is 18.7 Å². The van der Waals surface area contributed by atoms with Crippen LogP contribution in [-0.4, -0.2) is 31.1 Å². The largest absolute Gasteiger partial charge is 0.454 e. The van der Waals surface area contributed by atoms with Crippen molar-refractivity contribution in [3.8, 4) is 22.6 Å². The first-order valence-corrected chi connectivity index (χ1v) is 9.25. The van der Waals surface area contributed by atoms with E-state index in [4.69, 9.17) is 14.2 Å². The van der Waals surface area contributed by atoms with E-state index in [1.165, 1.54) is 6.07 Å². The average Bonchev–Trinajstić information content (AvgIpc) is 3.35. The van der Waals surface area contributed by atoms with Crippen LogP contribution >= 0.6 is 0 Å². The number of carbonyl (C=O) groups excluding carboxylic acids is 3. The fraction of sp³-hybridized carbons (Fsp3) is 0.0870. The molecule has 5 rings (SSSR count). The van der Waals surface area contributed by atoms with Crippen LogP contribution in [0.25, 0.3) is 11.1 Å². The molecule has 1 amide bonds. The lowest BCUT2D eigenvalue weighted by Crippen LogP contribution is -2.21. The lowest BCUT2D eigenvalue weighted by atomic mass is 10.0. The minimum Gasteiger partial charge on any atom is -0.454 e. The lowest BCUT2D eigenvalue weighted by molar-refractivity contribution is -0.119. The van der Waals surface area contributed by atoms with Crippen molar-refractivity contribution in [2.24, 2.45) is 0 Å². The fourth-order valence-corrected chi connectivity index (χ4v) is 3.62. The predicted octanol–water partition coefficient (Wildman–Crippen LogP) is 3.42. The zero-order valence-corrected chi connectivity index (χ0v) is 15.6. The molecular formula is C23H15NO6. The van der Waals surface area contributed by atoms with Gasteiger partial charge in [0.1, 0.15) is 0 Å². The number of hydrogen-bond acceptors (Lipinski definition) is 6. The number of anilines is 1. The van der Waals surface area contributed by atoms with Crippen molar-refractivity contribution in [3.63, 3.8) is 0 Å². The first kappa shape index (κ1) is 17.9. The molecule has 1 aliphatic carbocycles. The van der Waals surface area contributed by atoms with Crippen LogP contribution in [-0.2, 0) is 9.53 Å². The summed E-state index contributed by atoms with van der Waals surface area (Å²) >= 11 is 0. The van der Waals surface area contributed by atoms with Crippen LogP contribution in [0.1, 0.15) is 26.3 Å². The molecule has 0 radical (unpaired) electrons. The van der Waals surface area contributed by atoms with Gasteiger partial charge in [0, 0.05) is 22.9 Å². The normalized spacial score (nSPS) is 12.9. The zero-order chi connectivity index (χ0) is 20.7. The molecule has 1 aliphatic heterocycles.